The number of nitrogens with zero attached hydrogens (tertiary/aromatic N) is 2. The van der Waals surface area contributed by atoms with Crippen molar-refractivity contribution < 1.29 is 13.9 Å². The second-order valence-electron chi connectivity index (χ2n) is 5.14. The predicted octanol–water partition coefficient (Wildman–Crippen LogP) is 1.48. The van der Waals surface area contributed by atoms with Crippen molar-refractivity contribution in [1.82, 2.24) is 9.55 Å². The highest BCUT2D eigenvalue weighted by Crippen LogP contribution is 2.45. The second-order valence-corrected chi connectivity index (χ2v) is 5.14. The van der Waals surface area contributed by atoms with Crippen LogP contribution in [-0.2, 0) is 9.53 Å². The van der Waals surface area contributed by atoms with Gasteiger partial charge in [0.2, 0.25) is 6.41 Å². The highest BCUT2D eigenvalue weighted by molar-refractivity contribution is 5.68. The van der Waals surface area contributed by atoms with E-state index in [2.05, 4.69) is 10.3 Å². The van der Waals surface area contributed by atoms with Crippen molar-refractivity contribution in [2.24, 2.45) is 5.92 Å². The number of aromatic nitrogens is 2. The minimum absolute atomic E-state index is 0.125. The number of nitrogens with one attached hydrogen (secondary N) is 1. The third-order valence-electron chi connectivity index (χ3n) is 3.93. The van der Waals surface area contributed by atoms with Crippen molar-refractivity contribution in [2.75, 3.05) is 5.32 Å². The van der Waals surface area contributed by atoms with Gasteiger partial charge in [-0.2, -0.15) is 4.98 Å². The molecule has 1 saturated heterocycles. The maximum atomic E-state index is 14.8. The van der Waals surface area contributed by atoms with Gasteiger partial charge in [-0.05, 0) is 19.4 Å². The summed E-state index contributed by atoms with van der Waals surface area (Å²) in [6.07, 6.45) is 1.23. The van der Waals surface area contributed by atoms with E-state index >= 15 is 0 Å². The Labute approximate surface area is 116 Å². The van der Waals surface area contributed by atoms with Gasteiger partial charge in [0, 0.05) is 12.1 Å². The smallest absolute Gasteiger partial charge is 0.351 e. The Morgan fingerprint density at radius 2 is 2.35 bits per heavy atom. The van der Waals surface area contributed by atoms with Gasteiger partial charge in [-0.15, -0.1) is 0 Å². The first-order chi connectivity index (χ1) is 9.41. The summed E-state index contributed by atoms with van der Waals surface area (Å²) in [6.45, 7) is 5.12. The summed E-state index contributed by atoms with van der Waals surface area (Å²) in [5, 5.41) is 2.28. The molecular formula is C13H18FN3O3. The lowest BCUT2D eigenvalue weighted by atomic mass is 9.88. The molecule has 1 fully saturated rings. The van der Waals surface area contributed by atoms with Crippen LogP contribution in [0.2, 0.25) is 0 Å². The molecule has 0 spiro atoms. The van der Waals surface area contributed by atoms with E-state index in [1.54, 1.807) is 6.92 Å². The summed E-state index contributed by atoms with van der Waals surface area (Å²) >= 11 is 0. The molecule has 110 valence electrons. The maximum absolute atomic E-state index is 14.8. The zero-order valence-electron chi connectivity index (χ0n) is 11.7. The molecule has 0 bridgehead atoms. The molecule has 0 saturated carbocycles. The summed E-state index contributed by atoms with van der Waals surface area (Å²) in [5.74, 6) is -0.197. The van der Waals surface area contributed by atoms with Crippen LogP contribution in [0.15, 0.2) is 17.1 Å². The number of halogens is 1. The van der Waals surface area contributed by atoms with E-state index in [4.69, 9.17) is 4.74 Å². The highest BCUT2D eigenvalue weighted by atomic mass is 19.1. The maximum Gasteiger partial charge on any atom is 0.351 e. The largest absolute Gasteiger partial charge is 0.351 e. The fourth-order valence-corrected chi connectivity index (χ4v) is 2.52. The first-order valence-electron chi connectivity index (χ1n) is 6.55. The van der Waals surface area contributed by atoms with Crippen molar-refractivity contribution in [1.29, 1.82) is 0 Å². The molecule has 1 aliphatic heterocycles. The van der Waals surface area contributed by atoms with Crippen molar-refractivity contribution in [3.63, 3.8) is 0 Å². The third kappa shape index (κ3) is 2.33. The lowest BCUT2D eigenvalue weighted by Crippen LogP contribution is -2.38. The summed E-state index contributed by atoms with van der Waals surface area (Å²) < 4.78 is 21.6. The zero-order chi connectivity index (χ0) is 14.9. The topological polar surface area (TPSA) is 73.2 Å². The van der Waals surface area contributed by atoms with Gasteiger partial charge in [0.15, 0.2) is 11.9 Å². The normalized spacial score (nSPS) is 33.1. The van der Waals surface area contributed by atoms with Gasteiger partial charge in [-0.3, -0.25) is 9.36 Å². The average molecular weight is 283 g/mol. The summed E-state index contributed by atoms with van der Waals surface area (Å²) in [6, 6.07) is 1.43. The van der Waals surface area contributed by atoms with Gasteiger partial charge >= 0.3 is 5.69 Å². The summed E-state index contributed by atoms with van der Waals surface area (Å²) in [4.78, 5) is 25.9. The van der Waals surface area contributed by atoms with E-state index < -0.39 is 17.6 Å². The molecule has 0 unspecified atom stereocenters. The van der Waals surface area contributed by atoms with Crippen molar-refractivity contribution in [3.8, 4) is 0 Å². The molecule has 0 aromatic carbocycles. The highest BCUT2D eigenvalue weighted by Gasteiger charge is 2.52. The number of anilines is 1. The lowest BCUT2D eigenvalue weighted by molar-refractivity contribution is -0.105. The van der Waals surface area contributed by atoms with E-state index in [-0.39, 0.29) is 17.8 Å². The first kappa shape index (κ1) is 14.6. The predicted molar refractivity (Wildman–Crippen MR) is 71.1 cm³/mol. The number of amides is 1. The molecule has 2 heterocycles. The van der Waals surface area contributed by atoms with Crippen LogP contribution in [0.25, 0.3) is 0 Å². The number of alkyl halides is 1. The SMILES string of the molecule is CC[C@H]1O[C@@H](n2ccc(NC=O)nc2=O)[C@](C)(F)[C@@H]1C. The number of rotatable bonds is 4. The van der Waals surface area contributed by atoms with Crippen molar-refractivity contribution >= 4 is 12.2 Å². The van der Waals surface area contributed by atoms with Crippen molar-refractivity contribution in [2.45, 2.75) is 45.2 Å². The van der Waals surface area contributed by atoms with Crippen molar-refractivity contribution in [3.05, 3.63) is 22.7 Å². The van der Waals surface area contributed by atoms with Gasteiger partial charge in [0.1, 0.15) is 5.82 Å². The lowest BCUT2D eigenvalue weighted by Gasteiger charge is -2.25. The first-order valence-corrected chi connectivity index (χ1v) is 6.55. The Balaban J connectivity index is 2.37. The third-order valence-corrected chi connectivity index (χ3v) is 3.93. The molecule has 6 nitrogen and oxygen atoms in total. The van der Waals surface area contributed by atoms with Crippen LogP contribution in [0.3, 0.4) is 0 Å². The van der Waals surface area contributed by atoms with Crippen LogP contribution in [-0.4, -0.2) is 27.7 Å². The fraction of sp³-hybridized carbons (Fsp3) is 0.615. The number of carbonyl (C=O) groups is 1. The molecular weight excluding hydrogens is 265 g/mol. The Morgan fingerprint density at radius 1 is 1.65 bits per heavy atom. The van der Waals surface area contributed by atoms with Gasteiger partial charge in [-0.1, -0.05) is 13.8 Å². The summed E-state index contributed by atoms with van der Waals surface area (Å²) in [7, 11) is 0. The second kappa shape index (κ2) is 5.32. The average Bonchev–Trinajstić information content (AvgIpc) is 2.62. The zero-order valence-corrected chi connectivity index (χ0v) is 11.7. The number of hydrogen-bond donors (Lipinski definition) is 1. The molecule has 20 heavy (non-hydrogen) atoms. The Bertz CT molecular complexity index is 558. The van der Waals surface area contributed by atoms with Crippen LogP contribution < -0.4 is 11.0 Å². The molecule has 1 aliphatic rings. The number of carbonyl (C=O) groups excluding carboxylic acids is 1. The molecule has 4 atom stereocenters. The minimum Gasteiger partial charge on any atom is -0.351 e. The van der Waals surface area contributed by atoms with Gasteiger partial charge in [-0.25, -0.2) is 9.18 Å². The Hall–Kier alpha value is -1.76. The molecule has 0 aliphatic carbocycles. The van der Waals surface area contributed by atoms with E-state index in [9.17, 15) is 14.0 Å². The van der Waals surface area contributed by atoms with E-state index in [1.165, 1.54) is 19.2 Å². The van der Waals surface area contributed by atoms with Crippen LogP contribution in [0.1, 0.15) is 33.4 Å². The molecule has 1 amide bonds. The standard InChI is InChI=1S/C13H18FN3O3/c1-4-9-8(2)13(3,14)11(20-9)17-6-5-10(15-7-18)16-12(17)19/h5-9,11H,4H2,1-3H3,(H,15,16,18,19)/t8-,9-,11-,13-/m1/s1. The molecule has 1 aromatic heterocycles. The molecule has 1 aromatic rings. The van der Waals surface area contributed by atoms with Crippen LogP contribution >= 0.6 is 0 Å². The minimum atomic E-state index is -1.66. The molecule has 2 rings (SSSR count). The Kier molecular flexibility index (Phi) is 3.89. The number of hydrogen-bond acceptors (Lipinski definition) is 4. The summed E-state index contributed by atoms with van der Waals surface area (Å²) in [5.41, 5.74) is -2.32. The number of ether oxygens (including phenoxy) is 1. The Morgan fingerprint density at radius 3 is 2.85 bits per heavy atom. The monoisotopic (exact) mass is 283 g/mol. The molecule has 1 N–H and O–H groups in total. The van der Waals surface area contributed by atoms with Gasteiger partial charge < -0.3 is 10.1 Å². The van der Waals surface area contributed by atoms with Gasteiger partial charge in [0.05, 0.1) is 6.10 Å². The quantitative estimate of drug-likeness (QED) is 0.850. The van der Waals surface area contributed by atoms with Crippen LogP contribution in [0.4, 0.5) is 10.2 Å². The fourth-order valence-electron chi connectivity index (χ4n) is 2.52. The van der Waals surface area contributed by atoms with E-state index in [0.717, 1.165) is 4.57 Å². The molecule has 7 heteroatoms. The van der Waals surface area contributed by atoms with Crippen LogP contribution in [0.5, 0.6) is 0 Å². The van der Waals surface area contributed by atoms with E-state index in [1.807, 2.05) is 6.92 Å². The van der Waals surface area contributed by atoms with Gasteiger partial charge in [0.25, 0.3) is 0 Å². The van der Waals surface area contributed by atoms with E-state index in [0.29, 0.717) is 12.8 Å². The molecule has 0 radical (unpaired) electrons. The van der Waals surface area contributed by atoms with Crippen LogP contribution in [0, 0.1) is 5.92 Å².